The Kier molecular flexibility index (Phi) is 8.37. The Morgan fingerprint density at radius 1 is 1.22 bits per heavy atom. The van der Waals surface area contributed by atoms with Crippen LogP contribution in [0.5, 0.6) is 0 Å². The van der Waals surface area contributed by atoms with E-state index in [0.29, 0.717) is 6.54 Å². The zero-order valence-electron chi connectivity index (χ0n) is 12.3. The van der Waals surface area contributed by atoms with Crippen molar-refractivity contribution in [1.82, 2.24) is 15.1 Å². The molecule has 0 spiro atoms. The van der Waals surface area contributed by atoms with Crippen LogP contribution < -0.4 is 5.32 Å². The second-order valence-electron chi connectivity index (χ2n) is 4.97. The Hall–Kier alpha value is -1.10. The molecule has 0 aromatic rings. The van der Waals surface area contributed by atoms with Gasteiger partial charge < -0.3 is 15.1 Å². The molecule has 1 unspecified atom stereocenters. The molecule has 0 saturated carbocycles. The van der Waals surface area contributed by atoms with Gasteiger partial charge in [-0.15, -0.1) is 0 Å². The van der Waals surface area contributed by atoms with Crippen molar-refractivity contribution in [2.45, 2.75) is 39.7 Å². The van der Waals surface area contributed by atoms with Crippen molar-refractivity contribution in [1.29, 1.82) is 0 Å². The van der Waals surface area contributed by atoms with Gasteiger partial charge in [0.2, 0.25) is 11.8 Å². The molecule has 0 saturated heterocycles. The van der Waals surface area contributed by atoms with Crippen LogP contribution in [0.2, 0.25) is 0 Å². The summed E-state index contributed by atoms with van der Waals surface area (Å²) < 4.78 is 0. The number of carbonyl (C=O) groups excluding carboxylic acids is 2. The Morgan fingerprint density at radius 2 is 1.83 bits per heavy atom. The highest BCUT2D eigenvalue weighted by molar-refractivity contribution is 5.83. The Balaban J connectivity index is 4.11. The van der Waals surface area contributed by atoms with Gasteiger partial charge in [-0.2, -0.15) is 0 Å². The van der Waals surface area contributed by atoms with E-state index >= 15 is 0 Å². The minimum absolute atomic E-state index is 0.0481. The van der Waals surface area contributed by atoms with E-state index < -0.39 is 0 Å². The number of nitrogens with one attached hydrogen (secondary N) is 1. The summed E-state index contributed by atoms with van der Waals surface area (Å²) in [6, 6.07) is 0.160. The molecule has 2 amide bonds. The number of rotatable bonds is 8. The lowest BCUT2D eigenvalue weighted by atomic mass is 10.2. The zero-order chi connectivity index (χ0) is 14.1. The van der Waals surface area contributed by atoms with Gasteiger partial charge in [-0.3, -0.25) is 9.59 Å². The fourth-order valence-corrected chi connectivity index (χ4v) is 1.52. The van der Waals surface area contributed by atoms with Crippen LogP contribution >= 0.6 is 0 Å². The van der Waals surface area contributed by atoms with Crippen molar-refractivity contribution in [3.05, 3.63) is 0 Å². The summed E-state index contributed by atoms with van der Waals surface area (Å²) in [7, 11) is 3.99. The summed E-state index contributed by atoms with van der Waals surface area (Å²) in [6.07, 6.45) is 1.77. The first kappa shape index (κ1) is 16.9. The first-order valence-electron chi connectivity index (χ1n) is 6.56. The third kappa shape index (κ3) is 8.06. The minimum Gasteiger partial charge on any atom is -0.352 e. The van der Waals surface area contributed by atoms with Crippen LogP contribution in [0.15, 0.2) is 0 Å². The number of nitrogens with zero attached hydrogens (tertiary/aromatic N) is 2. The highest BCUT2D eigenvalue weighted by Gasteiger charge is 2.14. The molecule has 0 bridgehead atoms. The molecule has 0 rings (SSSR count). The monoisotopic (exact) mass is 257 g/mol. The van der Waals surface area contributed by atoms with E-state index in [1.165, 1.54) is 6.92 Å². The molecule has 0 fully saturated rings. The topological polar surface area (TPSA) is 52.7 Å². The third-order valence-corrected chi connectivity index (χ3v) is 2.83. The predicted octanol–water partition coefficient (Wildman–Crippen LogP) is 0.701. The van der Waals surface area contributed by atoms with Crippen LogP contribution in [-0.2, 0) is 9.59 Å². The van der Waals surface area contributed by atoms with E-state index in [0.717, 1.165) is 19.4 Å². The molecule has 0 aliphatic heterocycles. The smallest absolute Gasteiger partial charge is 0.239 e. The molecule has 0 aromatic heterocycles. The van der Waals surface area contributed by atoms with Crippen LogP contribution in [-0.4, -0.2) is 61.4 Å². The standard InChI is InChI=1S/C13H27N3O2/c1-6-11(2)14-13(18)10-16(12(3)17)9-7-8-15(4)5/h11H,6-10H2,1-5H3,(H,14,18). The summed E-state index contributed by atoms with van der Waals surface area (Å²) in [5.74, 6) is -0.127. The van der Waals surface area contributed by atoms with Gasteiger partial charge in [0.1, 0.15) is 0 Å². The SMILES string of the molecule is CCC(C)NC(=O)CN(CCCN(C)C)C(C)=O. The third-order valence-electron chi connectivity index (χ3n) is 2.83. The maximum Gasteiger partial charge on any atom is 0.239 e. The van der Waals surface area contributed by atoms with Crippen molar-refractivity contribution < 1.29 is 9.59 Å². The van der Waals surface area contributed by atoms with E-state index in [1.807, 2.05) is 27.9 Å². The highest BCUT2D eigenvalue weighted by atomic mass is 16.2. The quantitative estimate of drug-likeness (QED) is 0.696. The number of hydrogen-bond acceptors (Lipinski definition) is 3. The average molecular weight is 257 g/mol. The second-order valence-corrected chi connectivity index (χ2v) is 4.97. The van der Waals surface area contributed by atoms with Crippen LogP contribution in [0.4, 0.5) is 0 Å². The lowest BCUT2D eigenvalue weighted by Gasteiger charge is -2.22. The van der Waals surface area contributed by atoms with Crippen molar-refractivity contribution in [3.8, 4) is 0 Å². The lowest BCUT2D eigenvalue weighted by molar-refractivity contribution is -0.134. The molecule has 0 aliphatic rings. The Bertz CT molecular complexity index is 267. The van der Waals surface area contributed by atoms with Crippen LogP contribution in [0.3, 0.4) is 0 Å². The van der Waals surface area contributed by atoms with Gasteiger partial charge in [-0.25, -0.2) is 0 Å². The zero-order valence-corrected chi connectivity index (χ0v) is 12.3. The maximum absolute atomic E-state index is 11.7. The van der Waals surface area contributed by atoms with E-state index in [-0.39, 0.29) is 24.4 Å². The average Bonchev–Trinajstić information content (AvgIpc) is 2.26. The van der Waals surface area contributed by atoms with Gasteiger partial charge in [0.25, 0.3) is 0 Å². The molecule has 18 heavy (non-hydrogen) atoms. The molecule has 5 heteroatoms. The van der Waals surface area contributed by atoms with E-state index in [1.54, 1.807) is 4.90 Å². The number of carbonyl (C=O) groups is 2. The molecule has 106 valence electrons. The second kappa shape index (κ2) is 8.91. The van der Waals surface area contributed by atoms with Crippen molar-refractivity contribution in [2.75, 3.05) is 33.7 Å². The minimum atomic E-state index is -0.0793. The molecule has 5 nitrogen and oxygen atoms in total. The van der Waals surface area contributed by atoms with Crippen LogP contribution in [0.25, 0.3) is 0 Å². The van der Waals surface area contributed by atoms with Gasteiger partial charge in [0.15, 0.2) is 0 Å². The summed E-state index contributed by atoms with van der Waals surface area (Å²) >= 11 is 0. The molecule has 0 heterocycles. The largest absolute Gasteiger partial charge is 0.352 e. The lowest BCUT2D eigenvalue weighted by Crippen LogP contribution is -2.43. The van der Waals surface area contributed by atoms with Gasteiger partial charge >= 0.3 is 0 Å². The van der Waals surface area contributed by atoms with E-state index in [2.05, 4.69) is 10.2 Å². The van der Waals surface area contributed by atoms with Gasteiger partial charge in [0, 0.05) is 19.5 Å². The maximum atomic E-state index is 11.7. The van der Waals surface area contributed by atoms with E-state index in [4.69, 9.17) is 0 Å². The van der Waals surface area contributed by atoms with Gasteiger partial charge in [-0.1, -0.05) is 6.92 Å². The molecular weight excluding hydrogens is 230 g/mol. The molecule has 1 N–H and O–H groups in total. The van der Waals surface area contributed by atoms with Crippen molar-refractivity contribution in [3.63, 3.8) is 0 Å². The van der Waals surface area contributed by atoms with E-state index in [9.17, 15) is 9.59 Å². The first-order valence-corrected chi connectivity index (χ1v) is 6.56. The van der Waals surface area contributed by atoms with Crippen molar-refractivity contribution in [2.24, 2.45) is 0 Å². The number of hydrogen-bond donors (Lipinski definition) is 1. The van der Waals surface area contributed by atoms with Gasteiger partial charge in [0.05, 0.1) is 6.54 Å². The summed E-state index contributed by atoms with van der Waals surface area (Å²) in [5.41, 5.74) is 0. The Morgan fingerprint density at radius 3 is 2.28 bits per heavy atom. The molecular formula is C13H27N3O2. The van der Waals surface area contributed by atoms with Crippen LogP contribution in [0, 0.1) is 0 Å². The highest BCUT2D eigenvalue weighted by Crippen LogP contribution is 1.95. The summed E-state index contributed by atoms with van der Waals surface area (Å²) in [4.78, 5) is 26.8. The first-order chi connectivity index (χ1) is 8.36. The van der Waals surface area contributed by atoms with Gasteiger partial charge in [-0.05, 0) is 40.4 Å². The summed E-state index contributed by atoms with van der Waals surface area (Å²) in [5, 5.41) is 2.87. The fourth-order valence-electron chi connectivity index (χ4n) is 1.52. The number of amides is 2. The molecule has 0 aromatic carbocycles. The molecule has 0 radical (unpaired) electrons. The van der Waals surface area contributed by atoms with Crippen LogP contribution in [0.1, 0.15) is 33.6 Å². The normalized spacial score (nSPS) is 12.3. The summed E-state index contributed by atoms with van der Waals surface area (Å²) in [6.45, 7) is 7.18. The molecule has 1 atom stereocenters. The Labute approximate surface area is 111 Å². The van der Waals surface area contributed by atoms with Crippen molar-refractivity contribution >= 4 is 11.8 Å². The fraction of sp³-hybridized carbons (Fsp3) is 0.846. The molecule has 0 aliphatic carbocycles. The predicted molar refractivity (Wildman–Crippen MR) is 73.3 cm³/mol.